The highest BCUT2D eigenvalue weighted by molar-refractivity contribution is 5.88. The maximum atomic E-state index is 12.6. The molecule has 120 valence electrons. The second-order valence-corrected chi connectivity index (χ2v) is 6.09. The zero-order valence-corrected chi connectivity index (χ0v) is 13.4. The lowest BCUT2D eigenvalue weighted by Crippen LogP contribution is -2.54. The van der Waals surface area contributed by atoms with Crippen LogP contribution in [0.4, 0.5) is 0 Å². The maximum Gasteiger partial charge on any atom is 0.243 e. The summed E-state index contributed by atoms with van der Waals surface area (Å²) in [4.78, 5) is 26.1. The molecule has 1 aromatic rings. The van der Waals surface area contributed by atoms with E-state index < -0.39 is 6.04 Å². The molecule has 0 saturated carbocycles. The lowest BCUT2D eigenvalue weighted by Gasteiger charge is -2.36. The van der Waals surface area contributed by atoms with E-state index >= 15 is 0 Å². The zero-order chi connectivity index (χ0) is 16.3. The van der Waals surface area contributed by atoms with Crippen molar-refractivity contribution in [1.29, 1.82) is 0 Å². The van der Waals surface area contributed by atoms with Gasteiger partial charge < -0.3 is 15.3 Å². The van der Waals surface area contributed by atoms with Crippen LogP contribution in [0.2, 0.25) is 0 Å². The van der Waals surface area contributed by atoms with Crippen molar-refractivity contribution in [3.8, 4) is 0 Å². The summed E-state index contributed by atoms with van der Waals surface area (Å²) < 4.78 is 0. The third kappa shape index (κ3) is 3.47. The Morgan fingerprint density at radius 2 is 1.95 bits per heavy atom. The largest absolute Gasteiger partial charge is 0.396 e. The van der Waals surface area contributed by atoms with Crippen LogP contribution in [0.15, 0.2) is 24.3 Å². The summed E-state index contributed by atoms with van der Waals surface area (Å²) in [6.07, 6.45) is 0.530. The highest BCUT2D eigenvalue weighted by Gasteiger charge is 2.33. The van der Waals surface area contributed by atoms with Gasteiger partial charge in [0.15, 0.2) is 0 Å². The van der Waals surface area contributed by atoms with E-state index in [0.29, 0.717) is 13.0 Å². The third-order valence-electron chi connectivity index (χ3n) is 4.47. The number of nitrogens with one attached hydrogen (secondary N) is 1. The molecule has 22 heavy (non-hydrogen) atoms. The molecule has 0 fully saturated rings. The van der Waals surface area contributed by atoms with Gasteiger partial charge in [0.2, 0.25) is 11.8 Å². The van der Waals surface area contributed by atoms with Gasteiger partial charge in [0.05, 0.1) is 0 Å². The summed E-state index contributed by atoms with van der Waals surface area (Å²) in [5.41, 5.74) is 2.21. The Balaban J connectivity index is 2.17. The molecular weight excluding hydrogens is 280 g/mol. The number of hydrogen-bond donors (Lipinski definition) is 2. The molecule has 0 saturated heterocycles. The quantitative estimate of drug-likeness (QED) is 0.875. The Labute approximate surface area is 131 Å². The van der Waals surface area contributed by atoms with Crippen LogP contribution in [-0.2, 0) is 22.6 Å². The van der Waals surface area contributed by atoms with Crippen molar-refractivity contribution in [3.63, 3.8) is 0 Å². The molecular formula is C17H24N2O3. The molecule has 2 rings (SSSR count). The highest BCUT2D eigenvalue weighted by Crippen LogP contribution is 2.23. The number of carbonyl (C=O) groups is 2. The van der Waals surface area contributed by atoms with Gasteiger partial charge in [-0.25, -0.2) is 0 Å². The first-order valence-electron chi connectivity index (χ1n) is 7.69. The lowest BCUT2D eigenvalue weighted by atomic mass is 9.93. The van der Waals surface area contributed by atoms with Gasteiger partial charge in [0, 0.05) is 32.5 Å². The molecule has 0 bridgehead atoms. The Hall–Kier alpha value is -1.88. The van der Waals surface area contributed by atoms with Gasteiger partial charge in [0.1, 0.15) is 6.04 Å². The number of fused-ring (bicyclic) bond motifs is 1. The molecule has 1 heterocycles. The van der Waals surface area contributed by atoms with E-state index in [1.165, 1.54) is 6.92 Å². The van der Waals surface area contributed by atoms with Crippen molar-refractivity contribution >= 4 is 11.8 Å². The number of amides is 2. The number of aliphatic hydroxyl groups excluding tert-OH is 1. The average molecular weight is 304 g/mol. The first kappa shape index (κ1) is 16.5. The van der Waals surface area contributed by atoms with Crippen LogP contribution in [0.25, 0.3) is 0 Å². The van der Waals surface area contributed by atoms with Crippen molar-refractivity contribution in [2.24, 2.45) is 5.92 Å². The maximum absolute atomic E-state index is 12.6. The van der Waals surface area contributed by atoms with Crippen LogP contribution < -0.4 is 5.32 Å². The molecule has 1 aromatic carbocycles. The second-order valence-electron chi connectivity index (χ2n) is 6.09. The van der Waals surface area contributed by atoms with E-state index in [0.717, 1.165) is 11.1 Å². The first-order chi connectivity index (χ1) is 10.4. The summed E-state index contributed by atoms with van der Waals surface area (Å²) in [7, 11) is 0. The summed E-state index contributed by atoms with van der Waals surface area (Å²) in [6.45, 7) is 5.73. The standard InChI is InChI=1S/C17H24N2O3/c1-11(10-20)12(2)18-17(22)16-8-14-6-4-5-7-15(14)9-19(16)13(3)21/h4-7,11-12,16,20H,8-10H2,1-3H3,(H,18,22). The molecule has 0 aromatic heterocycles. The predicted molar refractivity (Wildman–Crippen MR) is 84.0 cm³/mol. The fourth-order valence-corrected chi connectivity index (χ4v) is 2.71. The van der Waals surface area contributed by atoms with Crippen LogP contribution in [0.1, 0.15) is 31.9 Å². The molecule has 3 atom stereocenters. The van der Waals surface area contributed by atoms with E-state index in [1.807, 2.05) is 38.1 Å². The van der Waals surface area contributed by atoms with Gasteiger partial charge >= 0.3 is 0 Å². The van der Waals surface area contributed by atoms with Gasteiger partial charge in [-0.2, -0.15) is 0 Å². The minimum absolute atomic E-state index is 0.0192. The highest BCUT2D eigenvalue weighted by atomic mass is 16.3. The van der Waals surface area contributed by atoms with Gasteiger partial charge in [0.25, 0.3) is 0 Å². The topological polar surface area (TPSA) is 69.6 Å². The molecule has 1 aliphatic rings. The van der Waals surface area contributed by atoms with Crippen molar-refractivity contribution in [2.45, 2.75) is 45.8 Å². The van der Waals surface area contributed by atoms with Crippen molar-refractivity contribution in [2.75, 3.05) is 6.61 Å². The predicted octanol–water partition coefficient (Wildman–Crippen LogP) is 1.09. The number of hydrogen-bond acceptors (Lipinski definition) is 3. The Morgan fingerprint density at radius 3 is 2.55 bits per heavy atom. The monoisotopic (exact) mass is 304 g/mol. The Bertz CT molecular complexity index is 559. The lowest BCUT2D eigenvalue weighted by molar-refractivity contribution is -0.140. The van der Waals surface area contributed by atoms with Crippen molar-refractivity contribution in [3.05, 3.63) is 35.4 Å². The molecule has 5 heteroatoms. The van der Waals surface area contributed by atoms with E-state index in [1.54, 1.807) is 4.90 Å². The second kappa shape index (κ2) is 6.92. The minimum Gasteiger partial charge on any atom is -0.396 e. The van der Waals surface area contributed by atoms with Crippen LogP contribution in [0.5, 0.6) is 0 Å². The Kier molecular flexibility index (Phi) is 5.19. The number of aliphatic hydroxyl groups is 1. The molecule has 0 radical (unpaired) electrons. The van der Waals surface area contributed by atoms with E-state index in [-0.39, 0.29) is 30.4 Å². The average Bonchev–Trinajstić information content (AvgIpc) is 2.52. The van der Waals surface area contributed by atoms with Crippen molar-refractivity contribution in [1.82, 2.24) is 10.2 Å². The van der Waals surface area contributed by atoms with E-state index in [2.05, 4.69) is 5.32 Å². The van der Waals surface area contributed by atoms with E-state index in [4.69, 9.17) is 0 Å². The summed E-state index contributed by atoms with van der Waals surface area (Å²) in [6, 6.07) is 7.28. The number of benzene rings is 1. The smallest absolute Gasteiger partial charge is 0.243 e. The SMILES string of the molecule is CC(=O)N1Cc2ccccc2CC1C(=O)NC(C)C(C)CO. The van der Waals surface area contributed by atoms with Gasteiger partial charge in [-0.3, -0.25) is 9.59 Å². The summed E-state index contributed by atoms with van der Waals surface area (Å²) in [5.74, 6) is -0.277. The molecule has 2 N–H and O–H groups in total. The molecule has 3 unspecified atom stereocenters. The van der Waals surface area contributed by atoms with Crippen LogP contribution in [0.3, 0.4) is 0 Å². The van der Waals surface area contributed by atoms with Gasteiger partial charge in [-0.05, 0) is 24.0 Å². The normalized spacial score (nSPS) is 20.0. The molecule has 2 amide bonds. The fourth-order valence-electron chi connectivity index (χ4n) is 2.71. The summed E-state index contributed by atoms with van der Waals surface area (Å²) >= 11 is 0. The minimum atomic E-state index is -0.485. The number of carbonyl (C=O) groups excluding carboxylic acids is 2. The fraction of sp³-hybridized carbons (Fsp3) is 0.529. The van der Waals surface area contributed by atoms with E-state index in [9.17, 15) is 14.7 Å². The Morgan fingerprint density at radius 1 is 1.32 bits per heavy atom. The third-order valence-corrected chi connectivity index (χ3v) is 4.47. The van der Waals surface area contributed by atoms with Crippen LogP contribution in [-0.4, -0.2) is 40.5 Å². The molecule has 1 aliphatic heterocycles. The van der Waals surface area contributed by atoms with Crippen molar-refractivity contribution < 1.29 is 14.7 Å². The molecule has 0 aliphatic carbocycles. The van der Waals surface area contributed by atoms with Gasteiger partial charge in [-0.1, -0.05) is 31.2 Å². The van der Waals surface area contributed by atoms with Crippen LogP contribution >= 0.6 is 0 Å². The molecule has 5 nitrogen and oxygen atoms in total. The van der Waals surface area contributed by atoms with Crippen LogP contribution in [0, 0.1) is 5.92 Å². The zero-order valence-electron chi connectivity index (χ0n) is 13.4. The summed E-state index contributed by atoms with van der Waals surface area (Å²) in [5, 5.41) is 12.1. The first-order valence-corrected chi connectivity index (χ1v) is 7.69. The van der Waals surface area contributed by atoms with Gasteiger partial charge in [-0.15, -0.1) is 0 Å². The number of rotatable bonds is 4. The molecule has 0 spiro atoms. The number of nitrogens with zero attached hydrogens (tertiary/aromatic N) is 1.